The van der Waals surface area contributed by atoms with E-state index in [4.69, 9.17) is 18.0 Å². The van der Waals surface area contributed by atoms with E-state index in [0.29, 0.717) is 5.11 Å². The Morgan fingerprint density at radius 1 is 1.47 bits per heavy atom. The van der Waals surface area contributed by atoms with Gasteiger partial charge in [-0.25, -0.2) is 5.01 Å². The summed E-state index contributed by atoms with van der Waals surface area (Å²) in [6.07, 6.45) is 0.890. The summed E-state index contributed by atoms with van der Waals surface area (Å²) in [4.78, 5) is 0. The third-order valence-corrected chi connectivity index (χ3v) is 2.66. The molecule has 0 spiro atoms. The molecule has 2 N–H and O–H groups in total. The molecule has 1 atom stereocenters. The van der Waals surface area contributed by atoms with E-state index >= 15 is 0 Å². The van der Waals surface area contributed by atoms with Crippen molar-refractivity contribution >= 4 is 23.0 Å². The van der Waals surface area contributed by atoms with Crippen molar-refractivity contribution in [3.8, 4) is 0 Å². The lowest BCUT2D eigenvalue weighted by Gasteiger charge is -2.21. The van der Waals surface area contributed by atoms with Gasteiger partial charge in [0, 0.05) is 12.1 Å². The van der Waals surface area contributed by atoms with Crippen LogP contribution in [0.25, 0.3) is 0 Å². The largest absolute Gasteiger partial charge is 0.375 e. The molecule has 4 heteroatoms. The topological polar surface area (TPSA) is 41.6 Å². The van der Waals surface area contributed by atoms with E-state index < -0.39 is 0 Å². The maximum absolute atomic E-state index is 5.64. The van der Waals surface area contributed by atoms with E-state index in [2.05, 4.69) is 17.2 Å². The van der Waals surface area contributed by atoms with Crippen LogP contribution >= 0.6 is 12.2 Å². The molecule has 0 fully saturated rings. The molecule has 0 unspecified atom stereocenters. The second kappa shape index (κ2) is 3.98. The summed E-state index contributed by atoms with van der Waals surface area (Å²) >= 11 is 4.98. The summed E-state index contributed by atoms with van der Waals surface area (Å²) in [5.41, 5.74) is 7.90. The SMILES string of the molecule is CC1=NN(C(N)=S)[C@H](c2ccccc2)C1. The number of rotatable bonds is 1. The van der Waals surface area contributed by atoms with E-state index in [-0.39, 0.29) is 6.04 Å². The van der Waals surface area contributed by atoms with Crippen LogP contribution in [0.5, 0.6) is 0 Å². The molecular weight excluding hydrogens is 206 g/mol. The first-order valence-electron chi connectivity index (χ1n) is 4.86. The lowest BCUT2D eigenvalue weighted by Crippen LogP contribution is -2.31. The van der Waals surface area contributed by atoms with Gasteiger partial charge in [-0.3, -0.25) is 0 Å². The molecule has 78 valence electrons. The molecule has 15 heavy (non-hydrogen) atoms. The smallest absolute Gasteiger partial charge is 0.187 e. The summed E-state index contributed by atoms with van der Waals surface area (Å²) in [6.45, 7) is 1.99. The molecule has 3 nitrogen and oxygen atoms in total. The first-order valence-corrected chi connectivity index (χ1v) is 5.27. The monoisotopic (exact) mass is 219 g/mol. The van der Waals surface area contributed by atoms with Crippen molar-refractivity contribution in [3.63, 3.8) is 0 Å². The zero-order valence-electron chi connectivity index (χ0n) is 8.55. The number of hydrazone groups is 1. The van der Waals surface area contributed by atoms with Crippen molar-refractivity contribution in [3.05, 3.63) is 35.9 Å². The second-order valence-electron chi connectivity index (χ2n) is 3.65. The average Bonchev–Trinajstić information content (AvgIpc) is 2.62. The fraction of sp³-hybridized carbons (Fsp3) is 0.273. The van der Waals surface area contributed by atoms with E-state index in [9.17, 15) is 0 Å². The first-order chi connectivity index (χ1) is 7.18. The van der Waals surface area contributed by atoms with E-state index in [1.54, 1.807) is 5.01 Å². The fourth-order valence-corrected chi connectivity index (χ4v) is 1.97. The Balaban J connectivity index is 2.28. The van der Waals surface area contributed by atoms with Crippen molar-refractivity contribution in [1.82, 2.24) is 5.01 Å². The molecule has 0 saturated carbocycles. The van der Waals surface area contributed by atoms with Crippen molar-refractivity contribution in [2.24, 2.45) is 10.8 Å². The van der Waals surface area contributed by atoms with Crippen molar-refractivity contribution < 1.29 is 0 Å². The summed E-state index contributed by atoms with van der Waals surface area (Å²) in [7, 11) is 0. The Bertz CT molecular complexity index is 400. The van der Waals surface area contributed by atoms with Crippen LogP contribution in [0.1, 0.15) is 24.9 Å². The van der Waals surface area contributed by atoms with Crippen LogP contribution in [-0.2, 0) is 0 Å². The zero-order chi connectivity index (χ0) is 10.8. The summed E-state index contributed by atoms with van der Waals surface area (Å²) in [5, 5.41) is 6.39. The van der Waals surface area contributed by atoms with Crippen molar-refractivity contribution in [2.75, 3.05) is 0 Å². The van der Waals surface area contributed by atoms with Gasteiger partial charge in [0.2, 0.25) is 0 Å². The van der Waals surface area contributed by atoms with Crippen LogP contribution in [0.4, 0.5) is 0 Å². The van der Waals surface area contributed by atoms with Gasteiger partial charge in [-0.15, -0.1) is 0 Å². The minimum atomic E-state index is 0.170. The molecule has 0 aliphatic carbocycles. The third kappa shape index (κ3) is 1.99. The Labute approximate surface area is 94.6 Å². The molecule has 1 aromatic rings. The molecule has 1 aromatic carbocycles. The Kier molecular flexibility index (Phi) is 2.68. The lowest BCUT2D eigenvalue weighted by atomic mass is 10.0. The maximum Gasteiger partial charge on any atom is 0.187 e. The number of hydrogen-bond donors (Lipinski definition) is 1. The Morgan fingerprint density at radius 2 is 2.13 bits per heavy atom. The van der Waals surface area contributed by atoms with Gasteiger partial charge in [0.05, 0.1) is 6.04 Å². The predicted molar refractivity (Wildman–Crippen MR) is 65.5 cm³/mol. The van der Waals surface area contributed by atoms with Crippen LogP contribution in [0.15, 0.2) is 35.4 Å². The molecule has 1 aliphatic heterocycles. The molecule has 0 amide bonds. The molecule has 2 rings (SSSR count). The number of hydrogen-bond acceptors (Lipinski definition) is 2. The summed E-state index contributed by atoms with van der Waals surface area (Å²) in [6, 6.07) is 10.3. The molecule has 0 aromatic heterocycles. The van der Waals surface area contributed by atoms with Crippen LogP contribution in [0.3, 0.4) is 0 Å². The van der Waals surface area contributed by atoms with Crippen LogP contribution in [0.2, 0.25) is 0 Å². The first kappa shape index (κ1) is 10.1. The van der Waals surface area contributed by atoms with Crippen LogP contribution in [0, 0.1) is 0 Å². The highest BCUT2D eigenvalue weighted by atomic mass is 32.1. The van der Waals surface area contributed by atoms with Gasteiger partial charge in [-0.1, -0.05) is 30.3 Å². The molecule has 0 saturated heterocycles. The second-order valence-corrected chi connectivity index (χ2v) is 4.07. The average molecular weight is 219 g/mol. The van der Waals surface area contributed by atoms with E-state index in [1.165, 1.54) is 5.56 Å². The molecule has 0 radical (unpaired) electrons. The Hall–Kier alpha value is -1.42. The van der Waals surface area contributed by atoms with Gasteiger partial charge < -0.3 is 5.73 Å². The zero-order valence-corrected chi connectivity index (χ0v) is 9.37. The number of thiocarbonyl (C=S) groups is 1. The Morgan fingerprint density at radius 3 is 2.73 bits per heavy atom. The van der Waals surface area contributed by atoms with Gasteiger partial charge in [0.25, 0.3) is 0 Å². The number of nitrogens with two attached hydrogens (primary N) is 1. The van der Waals surface area contributed by atoms with Gasteiger partial charge >= 0.3 is 0 Å². The van der Waals surface area contributed by atoms with Crippen LogP contribution < -0.4 is 5.73 Å². The van der Waals surface area contributed by atoms with Gasteiger partial charge in [0.15, 0.2) is 5.11 Å². The standard InChI is InChI=1S/C11H13N3S/c1-8-7-10(14(13-8)11(12)15)9-5-3-2-4-6-9/h2-6,10H,7H2,1H3,(H2,12,15)/t10-/m0/s1. The van der Waals surface area contributed by atoms with Crippen LogP contribution in [-0.4, -0.2) is 15.8 Å². The van der Waals surface area contributed by atoms with Gasteiger partial charge in [0.1, 0.15) is 0 Å². The minimum absolute atomic E-state index is 0.170. The molecule has 1 aliphatic rings. The highest BCUT2D eigenvalue weighted by Gasteiger charge is 2.27. The lowest BCUT2D eigenvalue weighted by molar-refractivity contribution is 0.373. The number of benzene rings is 1. The molecule has 0 bridgehead atoms. The molecule has 1 heterocycles. The third-order valence-electron chi connectivity index (χ3n) is 2.47. The highest BCUT2D eigenvalue weighted by Crippen LogP contribution is 2.29. The maximum atomic E-state index is 5.64. The predicted octanol–water partition coefficient (Wildman–Crippen LogP) is 2.05. The normalized spacial score (nSPS) is 20.2. The van der Waals surface area contributed by atoms with Crippen molar-refractivity contribution in [2.45, 2.75) is 19.4 Å². The minimum Gasteiger partial charge on any atom is -0.375 e. The summed E-state index contributed by atoms with van der Waals surface area (Å²) in [5.74, 6) is 0. The fourth-order valence-electron chi connectivity index (χ4n) is 1.80. The highest BCUT2D eigenvalue weighted by molar-refractivity contribution is 7.80. The summed E-state index contributed by atoms with van der Waals surface area (Å²) < 4.78 is 0. The van der Waals surface area contributed by atoms with E-state index in [0.717, 1.165) is 12.1 Å². The van der Waals surface area contributed by atoms with Gasteiger partial charge in [-0.05, 0) is 24.7 Å². The molecular formula is C11H13N3S. The van der Waals surface area contributed by atoms with Crippen molar-refractivity contribution in [1.29, 1.82) is 0 Å². The quantitative estimate of drug-likeness (QED) is 0.735. The van der Waals surface area contributed by atoms with E-state index in [1.807, 2.05) is 25.1 Å². The van der Waals surface area contributed by atoms with Gasteiger partial charge in [-0.2, -0.15) is 5.10 Å². The number of nitrogens with zero attached hydrogens (tertiary/aromatic N) is 2.